The molecule has 1 fully saturated rings. The average molecular weight is 339 g/mol. The summed E-state index contributed by atoms with van der Waals surface area (Å²) in [5.74, 6) is 1.41. The van der Waals surface area contributed by atoms with Crippen LogP contribution in [0, 0.1) is 0 Å². The zero-order valence-corrected chi connectivity index (χ0v) is 12.8. The molecule has 3 nitrogen and oxygen atoms in total. The standard InChI is InChI=1S/C11H20N3.F6P/c1-3-11-13(2)8-9-14(11)10-6-4-5-7-12-10;1-7(2,3,4,5)6/h8-10,12H,3-7H2,1-2H3;/q+1;-1. The molecule has 0 bridgehead atoms. The summed E-state index contributed by atoms with van der Waals surface area (Å²) in [6.07, 6.45) is 9.91. The number of aryl methyl sites for hydroxylation is 1. The molecule has 1 aliphatic rings. The Bertz CT molecular complexity index is 463. The van der Waals surface area contributed by atoms with Gasteiger partial charge < -0.3 is 0 Å². The van der Waals surface area contributed by atoms with Gasteiger partial charge in [-0.3, -0.25) is 5.32 Å². The first-order chi connectivity index (χ1) is 9.28. The van der Waals surface area contributed by atoms with Crippen molar-refractivity contribution >= 4 is 7.81 Å². The minimum atomic E-state index is -10.7. The molecule has 1 N–H and O–H groups in total. The Hall–Kier alpha value is -0.820. The van der Waals surface area contributed by atoms with E-state index in [2.05, 4.69) is 40.8 Å². The first-order valence-corrected chi connectivity index (χ1v) is 8.66. The van der Waals surface area contributed by atoms with E-state index in [0.717, 1.165) is 13.0 Å². The fraction of sp³-hybridized carbons (Fsp3) is 0.727. The summed E-state index contributed by atoms with van der Waals surface area (Å²) in [6.45, 7) is 3.38. The van der Waals surface area contributed by atoms with E-state index in [1.807, 2.05) is 0 Å². The zero-order valence-electron chi connectivity index (χ0n) is 11.9. The Labute approximate surface area is 119 Å². The van der Waals surface area contributed by atoms with E-state index < -0.39 is 7.81 Å². The van der Waals surface area contributed by atoms with E-state index in [1.54, 1.807) is 0 Å². The molecule has 1 unspecified atom stereocenters. The Kier molecular flexibility index (Phi) is 4.71. The van der Waals surface area contributed by atoms with Crippen molar-refractivity contribution in [3.8, 4) is 0 Å². The molecule has 1 aromatic heterocycles. The van der Waals surface area contributed by atoms with Crippen LogP contribution in [0.2, 0.25) is 0 Å². The number of piperidine rings is 1. The quantitative estimate of drug-likeness (QED) is 0.477. The molecule has 0 saturated carbocycles. The second-order valence-corrected chi connectivity index (χ2v) is 6.93. The molecule has 0 amide bonds. The maximum absolute atomic E-state index is 10.7. The third kappa shape index (κ3) is 8.26. The third-order valence-corrected chi connectivity index (χ3v) is 3.09. The van der Waals surface area contributed by atoms with Crippen molar-refractivity contribution in [2.45, 2.75) is 38.8 Å². The molecule has 1 aromatic rings. The maximum atomic E-state index is 9.87. The summed E-state index contributed by atoms with van der Waals surface area (Å²) in [4.78, 5) is 0. The van der Waals surface area contributed by atoms with Crippen LogP contribution in [-0.4, -0.2) is 11.1 Å². The van der Waals surface area contributed by atoms with Crippen molar-refractivity contribution in [2.75, 3.05) is 6.54 Å². The van der Waals surface area contributed by atoms with Crippen LogP contribution in [0.3, 0.4) is 0 Å². The van der Waals surface area contributed by atoms with Gasteiger partial charge in [0.1, 0.15) is 12.4 Å². The molecule has 0 spiro atoms. The van der Waals surface area contributed by atoms with Crippen LogP contribution in [0.4, 0.5) is 25.2 Å². The van der Waals surface area contributed by atoms with Crippen LogP contribution >= 0.6 is 7.81 Å². The van der Waals surface area contributed by atoms with Gasteiger partial charge in [0.25, 0.3) is 5.82 Å². The van der Waals surface area contributed by atoms with Crippen LogP contribution in [-0.2, 0) is 13.5 Å². The molecule has 0 radical (unpaired) electrons. The van der Waals surface area contributed by atoms with Gasteiger partial charge in [-0.25, -0.2) is 9.13 Å². The van der Waals surface area contributed by atoms with E-state index in [1.165, 1.54) is 25.1 Å². The van der Waals surface area contributed by atoms with Gasteiger partial charge in [0.15, 0.2) is 6.17 Å². The van der Waals surface area contributed by atoms with E-state index >= 15 is 0 Å². The molecule has 2 rings (SSSR count). The van der Waals surface area contributed by atoms with Crippen molar-refractivity contribution in [1.29, 1.82) is 0 Å². The monoisotopic (exact) mass is 339 g/mol. The van der Waals surface area contributed by atoms with Crippen LogP contribution in [0.15, 0.2) is 12.4 Å². The van der Waals surface area contributed by atoms with Crippen molar-refractivity contribution in [3.63, 3.8) is 0 Å². The summed E-state index contributed by atoms with van der Waals surface area (Å²) in [5.41, 5.74) is 0. The molecule has 1 atom stereocenters. The van der Waals surface area contributed by atoms with Gasteiger partial charge in [-0.15, -0.1) is 0 Å². The third-order valence-electron chi connectivity index (χ3n) is 3.09. The number of hydrogen-bond donors (Lipinski definition) is 1. The first-order valence-electron chi connectivity index (χ1n) is 6.63. The summed E-state index contributed by atoms with van der Waals surface area (Å²) in [5, 5.41) is 3.57. The van der Waals surface area contributed by atoms with Gasteiger partial charge in [-0.1, -0.05) is 6.92 Å². The van der Waals surface area contributed by atoms with Crippen LogP contribution in [0.25, 0.3) is 0 Å². The first kappa shape index (κ1) is 18.2. The fourth-order valence-electron chi connectivity index (χ4n) is 2.31. The van der Waals surface area contributed by atoms with Crippen LogP contribution in [0.5, 0.6) is 0 Å². The Balaban J connectivity index is 0.000000270. The molecule has 1 aliphatic heterocycles. The zero-order chi connectivity index (χ0) is 16.4. The van der Waals surface area contributed by atoms with E-state index in [9.17, 15) is 25.2 Å². The van der Waals surface area contributed by atoms with E-state index in [-0.39, 0.29) is 0 Å². The van der Waals surface area contributed by atoms with Crippen LogP contribution in [0.1, 0.15) is 38.2 Å². The van der Waals surface area contributed by atoms with E-state index in [0.29, 0.717) is 6.17 Å². The molecule has 0 aliphatic carbocycles. The van der Waals surface area contributed by atoms with Gasteiger partial charge in [0.05, 0.1) is 7.05 Å². The molecule has 21 heavy (non-hydrogen) atoms. The Morgan fingerprint density at radius 1 is 1.24 bits per heavy atom. The number of imidazole rings is 1. The molecular weight excluding hydrogens is 319 g/mol. The number of aromatic nitrogens is 2. The van der Waals surface area contributed by atoms with E-state index in [4.69, 9.17) is 0 Å². The topological polar surface area (TPSA) is 20.8 Å². The molecule has 2 heterocycles. The molecular formula is C11H20F6N3P. The van der Waals surface area contributed by atoms with Gasteiger partial charge in [0, 0.05) is 12.8 Å². The average Bonchev–Trinajstić information content (AvgIpc) is 2.67. The number of nitrogens with one attached hydrogen (secondary N) is 1. The molecule has 0 aromatic carbocycles. The van der Waals surface area contributed by atoms with Crippen molar-refractivity contribution in [3.05, 3.63) is 18.2 Å². The van der Waals surface area contributed by atoms with Gasteiger partial charge in [-0.2, -0.15) is 0 Å². The minimum absolute atomic E-state index is 0.528. The molecule has 126 valence electrons. The van der Waals surface area contributed by atoms with Gasteiger partial charge in [0.2, 0.25) is 0 Å². The molecule has 10 heteroatoms. The number of halogens is 6. The van der Waals surface area contributed by atoms with Gasteiger partial charge in [-0.05, 0) is 19.4 Å². The number of hydrogen-bond acceptors (Lipinski definition) is 1. The van der Waals surface area contributed by atoms with Gasteiger partial charge >= 0.3 is 33.0 Å². The predicted octanol–water partition coefficient (Wildman–Crippen LogP) is 4.53. The van der Waals surface area contributed by atoms with Crippen molar-refractivity contribution < 1.29 is 29.7 Å². The van der Waals surface area contributed by atoms with Crippen LogP contribution < -0.4 is 9.88 Å². The predicted molar refractivity (Wildman–Crippen MR) is 69.4 cm³/mol. The Morgan fingerprint density at radius 3 is 2.24 bits per heavy atom. The summed E-state index contributed by atoms with van der Waals surface area (Å²) in [6, 6.07) is 0. The Morgan fingerprint density at radius 2 is 1.81 bits per heavy atom. The van der Waals surface area contributed by atoms with Crippen molar-refractivity contribution in [2.24, 2.45) is 7.05 Å². The second-order valence-electron chi connectivity index (χ2n) is 5.01. The fourth-order valence-corrected chi connectivity index (χ4v) is 2.31. The summed E-state index contributed by atoms with van der Waals surface area (Å²) >= 11 is 0. The normalized spacial score (nSPS) is 22.8. The molecule has 1 saturated heterocycles. The summed E-state index contributed by atoms with van der Waals surface area (Å²) < 4.78 is 63.8. The number of nitrogens with zero attached hydrogens (tertiary/aromatic N) is 2. The van der Waals surface area contributed by atoms with Crippen molar-refractivity contribution in [1.82, 2.24) is 9.88 Å². The SMILES string of the molecule is CCc1n(C2CCCCN2)cc[n+]1C.F[P-](F)(F)(F)(F)F. The second kappa shape index (κ2) is 5.43. The summed E-state index contributed by atoms with van der Waals surface area (Å²) in [7, 11) is -8.53. The number of rotatable bonds is 2.